The van der Waals surface area contributed by atoms with Crippen molar-refractivity contribution in [3.8, 4) is 5.75 Å². The molecule has 1 heterocycles. The third kappa shape index (κ3) is 2.20. The zero-order chi connectivity index (χ0) is 10.7. The summed E-state index contributed by atoms with van der Waals surface area (Å²) in [4.78, 5) is 11.2. The van der Waals surface area contributed by atoms with Gasteiger partial charge in [0.05, 0.1) is 6.42 Å². The highest BCUT2D eigenvalue weighted by molar-refractivity contribution is 5.81. The van der Waals surface area contributed by atoms with Crippen LogP contribution >= 0.6 is 0 Å². The molecule has 1 aliphatic heterocycles. The fourth-order valence-corrected chi connectivity index (χ4v) is 1.98. The number of carbonyl (C=O) groups excluding carboxylic acids is 1. The lowest BCUT2D eigenvalue weighted by atomic mass is 10.0. The van der Waals surface area contributed by atoms with E-state index >= 15 is 0 Å². The number of fused-ring (bicyclic) bond motifs is 1. The normalized spacial score (nSPS) is 13.8. The first-order valence-electron chi connectivity index (χ1n) is 5.62. The molecule has 1 aliphatic rings. The van der Waals surface area contributed by atoms with Crippen molar-refractivity contribution >= 4 is 5.97 Å². The van der Waals surface area contributed by atoms with Crippen LogP contribution in [0.5, 0.6) is 5.75 Å². The van der Waals surface area contributed by atoms with Gasteiger partial charge in [0.2, 0.25) is 0 Å². The van der Waals surface area contributed by atoms with E-state index in [9.17, 15) is 4.79 Å². The van der Waals surface area contributed by atoms with Crippen LogP contribution in [0.1, 0.15) is 37.3 Å². The number of ether oxygens (including phenoxy) is 1. The highest BCUT2D eigenvalue weighted by Gasteiger charge is 2.22. The maximum absolute atomic E-state index is 11.2. The molecule has 0 N–H and O–H groups in total. The van der Waals surface area contributed by atoms with Gasteiger partial charge in [0.1, 0.15) is 5.75 Å². The third-order valence-electron chi connectivity index (χ3n) is 2.78. The summed E-state index contributed by atoms with van der Waals surface area (Å²) >= 11 is 0. The molecule has 0 atom stereocenters. The summed E-state index contributed by atoms with van der Waals surface area (Å²) in [5.74, 6) is 0.714. The fraction of sp³-hybridized carbons (Fsp3) is 0.462. The number of para-hydroxylation sites is 1. The molecule has 0 spiro atoms. The zero-order valence-electron chi connectivity index (χ0n) is 9.08. The van der Waals surface area contributed by atoms with E-state index in [2.05, 4.69) is 13.0 Å². The van der Waals surface area contributed by atoms with Crippen LogP contribution in [0.25, 0.3) is 0 Å². The summed E-state index contributed by atoms with van der Waals surface area (Å²) in [6.07, 6.45) is 5.08. The number of rotatable bonds is 4. The lowest BCUT2D eigenvalue weighted by Crippen LogP contribution is -2.01. The standard InChI is InChI=1S/C13H16O2/c1-2-3-4-6-10-7-5-8-11-9-12(14)15-13(10)11/h5,7-8H,2-4,6,9H2,1H3. The Labute approximate surface area is 90.3 Å². The van der Waals surface area contributed by atoms with Crippen LogP contribution in [0, 0.1) is 0 Å². The molecule has 15 heavy (non-hydrogen) atoms. The highest BCUT2D eigenvalue weighted by atomic mass is 16.5. The Morgan fingerprint density at radius 3 is 3.00 bits per heavy atom. The van der Waals surface area contributed by atoms with Gasteiger partial charge in [-0.25, -0.2) is 0 Å². The van der Waals surface area contributed by atoms with Gasteiger partial charge >= 0.3 is 5.97 Å². The molecular weight excluding hydrogens is 188 g/mol. The quantitative estimate of drug-likeness (QED) is 0.428. The molecule has 0 aliphatic carbocycles. The summed E-state index contributed by atoms with van der Waals surface area (Å²) < 4.78 is 5.23. The minimum Gasteiger partial charge on any atom is -0.426 e. The molecule has 0 unspecified atom stereocenters. The minimum atomic E-state index is -0.118. The molecule has 2 heteroatoms. The van der Waals surface area contributed by atoms with Crippen molar-refractivity contribution < 1.29 is 9.53 Å². The van der Waals surface area contributed by atoms with Crippen molar-refractivity contribution in [3.05, 3.63) is 29.3 Å². The smallest absolute Gasteiger partial charge is 0.315 e. The zero-order valence-corrected chi connectivity index (χ0v) is 9.08. The van der Waals surface area contributed by atoms with E-state index in [0.717, 1.165) is 17.7 Å². The van der Waals surface area contributed by atoms with Crippen LogP contribution < -0.4 is 4.74 Å². The van der Waals surface area contributed by atoms with Gasteiger partial charge in [0.25, 0.3) is 0 Å². The molecule has 0 radical (unpaired) electrons. The Kier molecular flexibility index (Phi) is 3.05. The molecule has 0 saturated carbocycles. The Morgan fingerprint density at radius 2 is 2.20 bits per heavy atom. The van der Waals surface area contributed by atoms with Gasteiger partial charge in [-0.1, -0.05) is 38.0 Å². The largest absolute Gasteiger partial charge is 0.426 e. The second-order valence-corrected chi connectivity index (χ2v) is 4.01. The summed E-state index contributed by atoms with van der Waals surface area (Å²) in [6, 6.07) is 6.05. The van der Waals surface area contributed by atoms with Crippen molar-refractivity contribution in [2.75, 3.05) is 0 Å². The topological polar surface area (TPSA) is 26.3 Å². The molecule has 1 aromatic carbocycles. The number of benzene rings is 1. The third-order valence-corrected chi connectivity index (χ3v) is 2.78. The van der Waals surface area contributed by atoms with Gasteiger partial charge in [0, 0.05) is 5.56 Å². The molecule has 0 fully saturated rings. The Balaban J connectivity index is 2.12. The van der Waals surface area contributed by atoms with E-state index in [-0.39, 0.29) is 5.97 Å². The van der Waals surface area contributed by atoms with Crippen molar-refractivity contribution in [2.24, 2.45) is 0 Å². The van der Waals surface area contributed by atoms with Crippen molar-refractivity contribution in [2.45, 2.75) is 39.0 Å². The lowest BCUT2D eigenvalue weighted by Gasteiger charge is -2.05. The predicted octanol–water partition coefficient (Wildman–Crippen LogP) is 2.88. The number of hydrogen-bond acceptors (Lipinski definition) is 2. The van der Waals surface area contributed by atoms with E-state index in [1.807, 2.05) is 12.1 Å². The number of hydrogen-bond donors (Lipinski definition) is 0. The van der Waals surface area contributed by atoms with Gasteiger partial charge < -0.3 is 4.74 Å². The molecule has 2 rings (SSSR count). The first-order valence-corrected chi connectivity index (χ1v) is 5.62. The van der Waals surface area contributed by atoms with E-state index in [1.54, 1.807) is 0 Å². The summed E-state index contributed by atoms with van der Waals surface area (Å²) in [6.45, 7) is 2.19. The van der Waals surface area contributed by atoms with Crippen LogP contribution in [-0.2, 0) is 17.6 Å². The van der Waals surface area contributed by atoms with Crippen LogP contribution in [0.3, 0.4) is 0 Å². The monoisotopic (exact) mass is 204 g/mol. The number of unbranched alkanes of at least 4 members (excludes halogenated alkanes) is 2. The van der Waals surface area contributed by atoms with Crippen LogP contribution in [0.4, 0.5) is 0 Å². The molecule has 80 valence electrons. The second-order valence-electron chi connectivity index (χ2n) is 4.01. The molecule has 1 aromatic rings. The number of carbonyl (C=O) groups is 1. The van der Waals surface area contributed by atoms with Gasteiger partial charge in [-0.05, 0) is 18.4 Å². The number of esters is 1. The minimum absolute atomic E-state index is 0.118. The van der Waals surface area contributed by atoms with Crippen molar-refractivity contribution in [1.82, 2.24) is 0 Å². The molecule has 0 saturated heterocycles. The Hall–Kier alpha value is -1.31. The van der Waals surface area contributed by atoms with E-state index in [1.165, 1.54) is 24.8 Å². The second kappa shape index (κ2) is 4.47. The lowest BCUT2D eigenvalue weighted by molar-refractivity contribution is -0.131. The summed E-state index contributed by atoms with van der Waals surface area (Å²) in [7, 11) is 0. The number of aryl methyl sites for hydroxylation is 1. The average molecular weight is 204 g/mol. The van der Waals surface area contributed by atoms with Gasteiger partial charge in [-0.15, -0.1) is 0 Å². The fourth-order valence-electron chi connectivity index (χ4n) is 1.98. The van der Waals surface area contributed by atoms with E-state index < -0.39 is 0 Å². The molecule has 0 aromatic heterocycles. The van der Waals surface area contributed by atoms with Crippen molar-refractivity contribution in [3.63, 3.8) is 0 Å². The van der Waals surface area contributed by atoms with Crippen LogP contribution in [0.2, 0.25) is 0 Å². The first-order chi connectivity index (χ1) is 7.31. The van der Waals surface area contributed by atoms with Gasteiger partial charge in [-0.3, -0.25) is 4.79 Å². The van der Waals surface area contributed by atoms with Crippen LogP contribution in [-0.4, -0.2) is 5.97 Å². The van der Waals surface area contributed by atoms with Crippen molar-refractivity contribution in [1.29, 1.82) is 0 Å². The van der Waals surface area contributed by atoms with E-state index in [0.29, 0.717) is 6.42 Å². The molecule has 0 bridgehead atoms. The average Bonchev–Trinajstić information content (AvgIpc) is 2.59. The SMILES string of the molecule is CCCCCc1cccc2c1OC(=O)C2. The van der Waals surface area contributed by atoms with Crippen LogP contribution in [0.15, 0.2) is 18.2 Å². The molecule has 2 nitrogen and oxygen atoms in total. The maximum atomic E-state index is 11.2. The Bertz CT molecular complexity index is 369. The molecule has 0 amide bonds. The summed E-state index contributed by atoms with van der Waals surface area (Å²) in [5.41, 5.74) is 2.24. The molecular formula is C13H16O2. The van der Waals surface area contributed by atoms with Gasteiger partial charge in [-0.2, -0.15) is 0 Å². The maximum Gasteiger partial charge on any atom is 0.315 e. The first kappa shape index (κ1) is 10.2. The predicted molar refractivity (Wildman–Crippen MR) is 59.0 cm³/mol. The van der Waals surface area contributed by atoms with Gasteiger partial charge in [0.15, 0.2) is 0 Å². The van der Waals surface area contributed by atoms with E-state index in [4.69, 9.17) is 4.74 Å². The highest BCUT2D eigenvalue weighted by Crippen LogP contribution is 2.31. The summed E-state index contributed by atoms with van der Waals surface area (Å²) in [5, 5.41) is 0. The Morgan fingerprint density at radius 1 is 1.33 bits per heavy atom.